The number of nitrogens with one attached hydrogen (secondary N) is 1. The summed E-state index contributed by atoms with van der Waals surface area (Å²) < 4.78 is 35.5. The highest BCUT2D eigenvalue weighted by Gasteiger charge is 2.27. The minimum atomic E-state index is -4.11. The lowest BCUT2D eigenvalue weighted by Gasteiger charge is -2.12. The van der Waals surface area contributed by atoms with Crippen molar-refractivity contribution in [2.45, 2.75) is 24.8 Å². The average molecular weight is 277 g/mol. The highest BCUT2D eigenvalue weighted by atomic mass is 32.2. The Morgan fingerprint density at radius 1 is 1.17 bits per heavy atom. The number of hydrogen-bond donors (Lipinski definition) is 1. The molecule has 1 rings (SSSR count). The van der Waals surface area contributed by atoms with Crippen LogP contribution in [0.25, 0.3) is 0 Å². The molecule has 1 unspecified atom stereocenters. The van der Waals surface area contributed by atoms with Crippen LogP contribution in [0.1, 0.15) is 24.8 Å². The molecule has 0 aliphatic heterocycles. The summed E-state index contributed by atoms with van der Waals surface area (Å²) in [5, 5.41) is 3.04. The second kappa shape index (κ2) is 7.69. The largest absolute Gasteiger partial charge is 0.441 e. The summed E-state index contributed by atoms with van der Waals surface area (Å²) >= 11 is 0.0263. The molecule has 0 aliphatic carbocycles. The molecule has 0 aliphatic rings. The van der Waals surface area contributed by atoms with Crippen molar-refractivity contribution in [3.05, 3.63) is 35.9 Å². The first-order chi connectivity index (χ1) is 8.49. The molecule has 0 heterocycles. The third-order valence-electron chi connectivity index (χ3n) is 2.67. The van der Waals surface area contributed by atoms with Crippen molar-refractivity contribution in [2.24, 2.45) is 0 Å². The lowest BCUT2D eigenvalue weighted by molar-refractivity contribution is -0.0327. The summed E-state index contributed by atoms with van der Waals surface area (Å²) in [5.41, 5.74) is -2.84. The van der Waals surface area contributed by atoms with Gasteiger partial charge in [-0.15, -0.1) is 0 Å². The number of thioether (sulfide) groups is 1. The first-order valence-electron chi connectivity index (χ1n) is 5.95. The van der Waals surface area contributed by atoms with E-state index in [-0.39, 0.29) is 17.5 Å². The van der Waals surface area contributed by atoms with Crippen LogP contribution in [-0.4, -0.2) is 24.4 Å². The zero-order valence-corrected chi connectivity index (χ0v) is 11.2. The minimum absolute atomic E-state index is 0.0263. The van der Waals surface area contributed by atoms with Gasteiger partial charge < -0.3 is 5.32 Å². The van der Waals surface area contributed by atoms with Crippen molar-refractivity contribution in [1.29, 1.82) is 0 Å². The molecular formula is C13H18F3NS. The zero-order chi connectivity index (χ0) is 13.4. The van der Waals surface area contributed by atoms with Gasteiger partial charge in [-0.25, -0.2) is 0 Å². The lowest BCUT2D eigenvalue weighted by Crippen LogP contribution is -2.21. The van der Waals surface area contributed by atoms with Crippen molar-refractivity contribution >= 4 is 11.8 Å². The van der Waals surface area contributed by atoms with Crippen LogP contribution < -0.4 is 5.32 Å². The number of benzene rings is 1. The SMILES string of the molecule is CC(CCNCCSC(F)(F)F)c1ccccc1. The summed E-state index contributed by atoms with van der Waals surface area (Å²) in [4.78, 5) is 0. The van der Waals surface area contributed by atoms with Crippen LogP contribution in [0.5, 0.6) is 0 Å². The van der Waals surface area contributed by atoms with Gasteiger partial charge in [-0.3, -0.25) is 0 Å². The minimum Gasteiger partial charge on any atom is -0.316 e. The van der Waals surface area contributed by atoms with Crippen LogP contribution in [0.2, 0.25) is 0 Å². The van der Waals surface area contributed by atoms with Crippen molar-refractivity contribution < 1.29 is 13.2 Å². The summed E-state index contributed by atoms with van der Waals surface area (Å²) in [5.74, 6) is 0.498. The van der Waals surface area contributed by atoms with E-state index >= 15 is 0 Å². The summed E-state index contributed by atoms with van der Waals surface area (Å²) in [7, 11) is 0. The van der Waals surface area contributed by atoms with Gasteiger partial charge in [-0.1, -0.05) is 37.3 Å². The Morgan fingerprint density at radius 2 is 1.83 bits per heavy atom. The first-order valence-corrected chi connectivity index (χ1v) is 6.94. The first kappa shape index (κ1) is 15.4. The number of halogens is 3. The Morgan fingerprint density at radius 3 is 2.44 bits per heavy atom. The molecule has 1 aromatic rings. The predicted octanol–water partition coefficient (Wildman–Crippen LogP) is 4.02. The van der Waals surface area contributed by atoms with Gasteiger partial charge in [0.25, 0.3) is 0 Å². The monoisotopic (exact) mass is 277 g/mol. The summed E-state index contributed by atoms with van der Waals surface area (Å²) in [6.07, 6.45) is 0.931. The van der Waals surface area contributed by atoms with Gasteiger partial charge in [0.05, 0.1) is 0 Å². The normalized spacial score (nSPS) is 13.6. The van der Waals surface area contributed by atoms with E-state index in [9.17, 15) is 13.2 Å². The maximum absolute atomic E-state index is 11.8. The van der Waals surface area contributed by atoms with Gasteiger partial charge >= 0.3 is 5.51 Å². The molecule has 0 saturated heterocycles. The zero-order valence-electron chi connectivity index (χ0n) is 10.3. The van der Waals surface area contributed by atoms with Gasteiger partial charge in [-0.2, -0.15) is 13.2 Å². The molecule has 1 nitrogen and oxygen atoms in total. The third kappa shape index (κ3) is 6.91. The molecule has 0 radical (unpaired) electrons. The van der Waals surface area contributed by atoms with Crippen molar-refractivity contribution in [3.8, 4) is 0 Å². The molecule has 0 saturated carbocycles. The fourth-order valence-corrected chi connectivity index (χ4v) is 2.11. The van der Waals surface area contributed by atoms with Crippen molar-refractivity contribution in [2.75, 3.05) is 18.8 Å². The molecule has 0 bridgehead atoms. The van der Waals surface area contributed by atoms with Gasteiger partial charge in [0, 0.05) is 12.3 Å². The van der Waals surface area contributed by atoms with Crippen LogP contribution in [-0.2, 0) is 0 Å². The molecule has 0 aromatic heterocycles. The second-order valence-electron chi connectivity index (χ2n) is 4.14. The number of hydrogen-bond acceptors (Lipinski definition) is 2. The van der Waals surface area contributed by atoms with Gasteiger partial charge in [0.1, 0.15) is 0 Å². The Bertz CT molecular complexity index is 327. The Hall–Kier alpha value is -0.680. The average Bonchev–Trinajstić information content (AvgIpc) is 2.33. The molecule has 1 N–H and O–H groups in total. The Labute approximate surface area is 110 Å². The van der Waals surface area contributed by atoms with E-state index in [1.165, 1.54) is 5.56 Å². The summed E-state index contributed by atoms with van der Waals surface area (Å²) in [6.45, 7) is 3.27. The fraction of sp³-hybridized carbons (Fsp3) is 0.538. The van der Waals surface area contributed by atoms with Gasteiger partial charge in [0.15, 0.2) is 0 Å². The van der Waals surface area contributed by atoms with Gasteiger partial charge in [0.2, 0.25) is 0 Å². The van der Waals surface area contributed by atoms with E-state index in [0.717, 1.165) is 13.0 Å². The Balaban J connectivity index is 2.08. The van der Waals surface area contributed by atoms with Crippen LogP contribution in [0, 0.1) is 0 Å². The van der Waals surface area contributed by atoms with Crippen LogP contribution in [0.4, 0.5) is 13.2 Å². The van der Waals surface area contributed by atoms with E-state index in [1.807, 2.05) is 18.2 Å². The fourth-order valence-electron chi connectivity index (χ4n) is 1.63. The molecule has 1 atom stereocenters. The lowest BCUT2D eigenvalue weighted by atomic mass is 9.98. The maximum Gasteiger partial charge on any atom is 0.441 e. The topological polar surface area (TPSA) is 12.0 Å². The highest BCUT2D eigenvalue weighted by molar-refractivity contribution is 8.00. The van der Waals surface area contributed by atoms with E-state index in [0.29, 0.717) is 12.5 Å². The van der Waals surface area contributed by atoms with Crippen molar-refractivity contribution in [3.63, 3.8) is 0 Å². The molecule has 1 aromatic carbocycles. The van der Waals surface area contributed by atoms with Crippen LogP contribution in [0.15, 0.2) is 30.3 Å². The molecular weight excluding hydrogens is 259 g/mol. The maximum atomic E-state index is 11.8. The van der Waals surface area contributed by atoms with E-state index in [2.05, 4.69) is 24.4 Å². The van der Waals surface area contributed by atoms with E-state index in [1.54, 1.807) is 0 Å². The second-order valence-corrected chi connectivity index (χ2v) is 5.30. The molecule has 5 heteroatoms. The number of alkyl halides is 3. The quantitative estimate of drug-likeness (QED) is 0.755. The third-order valence-corrected chi connectivity index (χ3v) is 3.40. The molecule has 18 heavy (non-hydrogen) atoms. The Kier molecular flexibility index (Phi) is 6.57. The van der Waals surface area contributed by atoms with Crippen molar-refractivity contribution in [1.82, 2.24) is 5.32 Å². The molecule has 0 amide bonds. The molecule has 102 valence electrons. The molecule has 0 spiro atoms. The van der Waals surface area contributed by atoms with Crippen LogP contribution in [0.3, 0.4) is 0 Å². The van der Waals surface area contributed by atoms with E-state index < -0.39 is 5.51 Å². The predicted molar refractivity (Wildman–Crippen MR) is 70.9 cm³/mol. The van der Waals surface area contributed by atoms with E-state index in [4.69, 9.17) is 0 Å². The smallest absolute Gasteiger partial charge is 0.316 e. The van der Waals surface area contributed by atoms with Crippen LogP contribution >= 0.6 is 11.8 Å². The number of rotatable bonds is 7. The van der Waals surface area contributed by atoms with Gasteiger partial charge in [-0.05, 0) is 36.2 Å². The highest BCUT2D eigenvalue weighted by Crippen LogP contribution is 2.29. The summed E-state index contributed by atoms with van der Waals surface area (Å²) in [6, 6.07) is 10.1. The molecule has 0 fully saturated rings. The standard InChI is InChI=1S/C13H18F3NS/c1-11(12-5-3-2-4-6-12)7-8-17-9-10-18-13(14,15)16/h2-6,11,17H,7-10H2,1H3.